The van der Waals surface area contributed by atoms with E-state index < -0.39 is 0 Å². The van der Waals surface area contributed by atoms with Gasteiger partial charge in [0, 0.05) is 24.5 Å². The summed E-state index contributed by atoms with van der Waals surface area (Å²) in [4.78, 5) is 15.7. The average molecular weight is 360 g/mol. The quantitative estimate of drug-likeness (QED) is 0.824. The van der Waals surface area contributed by atoms with Crippen molar-refractivity contribution in [3.63, 3.8) is 0 Å². The van der Waals surface area contributed by atoms with Crippen LogP contribution in [0.1, 0.15) is 16.5 Å². The predicted molar refractivity (Wildman–Crippen MR) is 99.2 cm³/mol. The van der Waals surface area contributed by atoms with Crippen molar-refractivity contribution in [1.29, 1.82) is 0 Å². The average Bonchev–Trinajstić information content (AvgIpc) is 3.16. The third kappa shape index (κ3) is 5.04. The number of nitrogens with zero attached hydrogens (tertiary/aromatic N) is 1. The Hall–Kier alpha value is -1.89. The number of methoxy groups -OCH3 is 1. The van der Waals surface area contributed by atoms with Gasteiger partial charge in [-0.1, -0.05) is 18.2 Å². The van der Waals surface area contributed by atoms with Crippen molar-refractivity contribution in [2.75, 3.05) is 40.0 Å². The van der Waals surface area contributed by atoms with Gasteiger partial charge < -0.3 is 14.8 Å². The van der Waals surface area contributed by atoms with E-state index in [1.165, 1.54) is 5.56 Å². The third-order valence-corrected chi connectivity index (χ3v) is 5.27. The number of amides is 1. The van der Waals surface area contributed by atoms with E-state index in [1.807, 2.05) is 29.6 Å². The number of benzene rings is 1. The molecule has 1 atom stereocenters. The molecule has 134 valence electrons. The van der Waals surface area contributed by atoms with Gasteiger partial charge in [0.25, 0.3) is 0 Å². The lowest BCUT2D eigenvalue weighted by Gasteiger charge is -2.35. The van der Waals surface area contributed by atoms with Gasteiger partial charge in [-0.3, -0.25) is 9.69 Å². The molecule has 25 heavy (non-hydrogen) atoms. The van der Waals surface area contributed by atoms with Crippen LogP contribution in [0.15, 0.2) is 41.8 Å². The van der Waals surface area contributed by atoms with Crippen LogP contribution in [0.5, 0.6) is 5.75 Å². The lowest BCUT2D eigenvalue weighted by molar-refractivity contribution is -0.120. The Morgan fingerprint density at radius 1 is 1.28 bits per heavy atom. The first-order valence-electron chi connectivity index (χ1n) is 8.51. The van der Waals surface area contributed by atoms with Crippen LogP contribution in [0.2, 0.25) is 0 Å². The maximum absolute atomic E-state index is 12.3. The van der Waals surface area contributed by atoms with Crippen molar-refractivity contribution in [2.24, 2.45) is 0 Å². The predicted octanol–water partition coefficient (Wildman–Crippen LogP) is 2.49. The molecule has 0 spiro atoms. The molecule has 1 amide bonds. The first-order chi connectivity index (χ1) is 12.3. The number of rotatable bonds is 7. The molecule has 0 bridgehead atoms. The minimum atomic E-state index is 0.0641. The number of nitrogens with one attached hydrogen (secondary N) is 1. The summed E-state index contributed by atoms with van der Waals surface area (Å²) in [7, 11) is 1.67. The third-order valence-electron chi connectivity index (χ3n) is 4.39. The highest BCUT2D eigenvalue weighted by Gasteiger charge is 2.23. The zero-order valence-corrected chi connectivity index (χ0v) is 15.3. The van der Waals surface area contributed by atoms with E-state index in [2.05, 4.69) is 22.3 Å². The van der Waals surface area contributed by atoms with Crippen molar-refractivity contribution in [2.45, 2.75) is 12.5 Å². The number of carbonyl (C=O) groups is 1. The lowest BCUT2D eigenvalue weighted by atomic mass is 10.0. The normalized spacial score (nSPS) is 16.4. The molecule has 2 heterocycles. The maximum Gasteiger partial charge on any atom is 0.225 e. The van der Waals surface area contributed by atoms with Crippen molar-refractivity contribution in [1.82, 2.24) is 10.2 Å². The van der Waals surface area contributed by atoms with E-state index in [0.29, 0.717) is 13.0 Å². The molecule has 0 saturated carbocycles. The van der Waals surface area contributed by atoms with Crippen molar-refractivity contribution < 1.29 is 14.3 Å². The molecule has 5 nitrogen and oxygen atoms in total. The molecule has 2 aromatic rings. The minimum Gasteiger partial charge on any atom is -0.497 e. The Morgan fingerprint density at radius 3 is 2.68 bits per heavy atom. The number of ether oxygens (including phenoxy) is 2. The van der Waals surface area contributed by atoms with Gasteiger partial charge in [-0.25, -0.2) is 0 Å². The van der Waals surface area contributed by atoms with Crippen LogP contribution >= 0.6 is 11.3 Å². The summed E-state index contributed by atoms with van der Waals surface area (Å²) in [5.74, 6) is 0.903. The highest BCUT2D eigenvalue weighted by molar-refractivity contribution is 7.10. The second-order valence-electron chi connectivity index (χ2n) is 6.00. The lowest BCUT2D eigenvalue weighted by Crippen LogP contribution is -2.44. The van der Waals surface area contributed by atoms with E-state index in [9.17, 15) is 4.79 Å². The molecule has 1 aliphatic rings. The van der Waals surface area contributed by atoms with Gasteiger partial charge in [0.15, 0.2) is 0 Å². The summed E-state index contributed by atoms with van der Waals surface area (Å²) in [6.07, 6.45) is 0.441. The molecular formula is C19H24N2O3S. The van der Waals surface area contributed by atoms with Crippen molar-refractivity contribution >= 4 is 17.2 Å². The van der Waals surface area contributed by atoms with Crippen LogP contribution in [0.4, 0.5) is 0 Å². The fourth-order valence-electron chi connectivity index (χ4n) is 3.02. The van der Waals surface area contributed by atoms with Crippen molar-refractivity contribution in [3.8, 4) is 5.75 Å². The molecule has 1 N–H and O–H groups in total. The van der Waals surface area contributed by atoms with E-state index in [-0.39, 0.29) is 11.9 Å². The van der Waals surface area contributed by atoms with Crippen LogP contribution in [0, 0.1) is 0 Å². The monoisotopic (exact) mass is 360 g/mol. The number of hydrogen-bond acceptors (Lipinski definition) is 5. The number of hydrogen-bond donors (Lipinski definition) is 1. The number of morpholine rings is 1. The first-order valence-corrected chi connectivity index (χ1v) is 9.39. The summed E-state index contributed by atoms with van der Waals surface area (Å²) in [6.45, 7) is 3.80. The van der Waals surface area contributed by atoms with Gasteiger partial charge in [-0.2, -0.15) is 0 Å². The molecule has 1 unspecified atom stereocenters. The Bertz CT molecular complexity index is 652. The summed E-state index contributed by atoms with van der Waals surface area (Å²) in [5.41, 5.74) is 1.18. The Morgan fingerprint density at radius 2 is 2.04 bits per heavy atom. The molecule has 1 aliphatic heterocycles. The van der Waals surface area contributed by atoms with Gasteiger partial charge in [0.05, 0.1) is 32.8 Å². The standard InChI is InChI=1S/C19H24N2O3S/c1-23-16-6-4-15(5-7-16)18(21-8-10-24-11-9-21)14-20-19(22)13-17-3-2-12-25-17/h2-7,12,18H,8-11,13-14H2,1H3,(H,20,22). The molecule has 1 saturated heterocycles. The van der Waals surface area contributed by atoms with E-state index in [1.54, 1.807) is 18.4 Å². The van der Waals surface area contributed by atoms with Crippen LogP contribution in [0.3, 0.4) is 0 Å². The van der Waals surface area contributed by atoms with Crippen LogP contribution in [0.25, 0.3) is 0 Å². The summed E-state index contributed by atoms with van der Waals surface area (Å²) >= 11 is 1.61. The second kappa shape index (κ2) is 8.99. The Kier molecular flexibility index (Phi) is 6.44. The molecule has 6 heteroatoms. The van der Waals surface area contributed by atoms with Gasteiger partial charge >= 0.3 is 0 Å². The zero-order chi connectivity index (χ0) is 17.5. The number of carbonyl (C=O) groups excluding carboxylic acids is 1. The first kappa shape index (κ1) is 17.9. The van der Waals surface area contributed by atoms with E-state index in [4.69, 9.17) is 9.47 Å². The van der Waals surface area contributed by atoms with Crippen LogP contribution in [-0.4, -0.2) is 50.8 Å². The molecule has 1 fully saturated rings. The van der Waals surface area contributed by atoms with Gasteiger partial charge in [0.2, 0.25) is 5.91 Å². The smallest absolute Gasteiger partial charge is 0.225 e. The number of thiophene rings is 1. The van der Waals surface area contributed by atoms with Crippen LogP contribution in [-0.2, 0) is 16.0 Å². The van der Waals surface area contributed by atoms with E-state index >= 15 is 0 Å². The topological polar surface area (TPSA) is 50.8 Å². The summed E-state index contributed by atoms with van der Waals surface area (Å²) in [5, 5.41) is 5.10. The fraction of sp³-hybridized carbons (Fsp3) is 0.421. The Balaban J connectivity index is 1.65. The summed E-state index contributed by atoms with van der Waals surface area (Å²) in [6, 6.07) is 12.2. The largest absolute Gasteiger partial charge is 0.497 e. The molecular weight excluding hydrogens is 336 g/mol. The van der Waals surface area contributed by atoms with Crippen molar-refractivity contribution in [3.05, 3.63) is 52.2 Å². The molecule has 1 aromatic heterocycles. The molecule has 0 radical (unpaired) electrons. The highest BCUT2D eigenvalue weighted by atomic mass is 32.1. The highest BCUT2D eigenvalue weighted by Crippen LogP contribution is 2.23. The molecule has 1 aromatic carbocycles. The minimum absolute atomic E-state index is 0.0641. The van der Waals surface area contributed by atoms with Gasteiger partial charge in [-0.15, -0.1) is 11.3 Å². The fourth-order valence-corrected chi connectivity index (χ4v) is 3.72. The van der Waals surface area contributed by atoms with Gasteiger partial charge in [-0.05, 0) is 29.1 Å². The van der Waals surface area contributed by atoms with Gasteiger partial charge in [0.1, 0.15) is 5.75 Å². The van der Waals surface area contributed by atoms with Crippen LogP contribution < -0.4 is 10.1 Å². The zero-order valence-electron chi connectivity index (χ0n) is 14.4. The molecule has 3 rings (SSSR count). The van der Waals surface area contributed by atoms with E-state index in [0.717, 1.165) is 36.9 Å². The maximum atomic E-state index is 12.3. The molecule has 0 aliphatic carbocycles. The second-order valence-corrected chi connectivity index (χ2v) is 7.03. The SMILES string of the molecule is COc1ccc(C(CNC(=O)Cc2cccs2)N2CCOCC2)cc1. The Labute approximate surface area is 152 Å². The summed E-state index contributed by atoms with van der Waals surface area (Å²) < 4.78 is 10.7.